The summed E-state index contributed by atoms with van der Waals surface area (Å²) in [5.41, 5.74) is 0. The largest absolute Gasteiger partial charge is 0.396 e. The molecule has 0 aliphatic heterocycles. The highest BCUT2D eigenvalue weighted by Crippen LogP contribution is 2.19. The number of halogens is 1. The normalized spacial score (nSPS) is 11.7. The van der Waals surface area contributed by atoms with E-state index in [1.54, 1.807) is 18.2 Å². The van der Waals surface area contributed by atoms with Gasteiger partial charge in [0, 0.05) is 13.2 Å². The van der Waals surface area contributed by atoms with Gasteiger partial charge in [-0.2, -0.15) is 0 Å². The molecule has 0 fully saturated rings. The average Bonchev–Trinajstić information content (AvgIpc) is 2.34. The Balaban J connectivity index is 2.44. The third-order valence-electron chi connectivity index (χ3n) is 2.50. The molecule has 0 radical (unpaired) electrons. The van der Waals surface area contributed by atoms with Gasteiger partial charge in [0.25, 0.3) is 0 Å². The van der Waals surface area contributed by atoms with Crippen molar-refractivity contribution in [3.05, 3.63) is 29.3 Å². The van der Waals surface area contributed by atoms with Gasteiger partial charge in [0.05, 0.1) is 5.02 Å². The molecule has 0 aromatic heterocycles. The van der Waals surface area contributed by atoms with Gasteiger partial charge in [-0.25, -0.2) is 13.1 Å². The molecule has 18 heavy (non-hydrogen) atoms. The van der Waals surface area contributed by atoms with Crippen molar-refractivity contribution in [2.75, 3.05) is 13.2 Å². The number of aliphatic hydroxyl groups is 1. The van der Waals surface area contributed by atoms with Gasteiger partial charge in [-0.3, -0.25) is 0 Å². The van der Waals surface area contributed by atoms with Crippen LogP contribution in [0.15, 0.2) is 29.2 Å². The number of hydrogen-bond acceptors (Lipinski definition) is 3. The second-order valence-electron chi connectivity index (χ2n) is 3.97. The maximum atomic E-state index is 11.9. The van der Waals surface area contributed by atoms with E-state index in [9.17, 15) is 8.42 Å². The monoisotopic (exact) mass is 291 g/mol. The Bertz CT molecular complexity index is 462. The minimum absolute atomic E-state index is 0.113. The summed E-state index contributed by atoms with van der Waals surface area (Å²) < 4.78 is 26.3. The smallest absolute Gasteiger partial charge is 0.242 e. The van der Waals surface area contributed by atoms with E-state index >= 15 is 0 Å². The molecule has 0 bridgehead atoms. The number of aliphatic hydroxyl groups excluding tert-OH is 1. The van der Waals surface area contributed by atoms with E-state index in [0.29, 0.717) is 6.54 Å². The molecule has 0 unspecified atom stereocenters. The number of sulfonamides is 1. The van der Waals surface area contributed by atoms with Crippen LogP contribution in [0.2, 0.25) is 5.02 Å². The molecule has 0 saturated heterocycles. The number of rotatable bonds is 8. The summed E-state index contributed by atoms with van der Waals surface area (Å²) in [6.07, 6.45) is 3.32. The molecule has 0 atom stereocenters. The van der Waals surface area contributed by atoms with Gasteiger partial charge in [0.2, 0.25) is 10.0 Å². The Morgan fingerprint density at radius 1 is 1.11 bits per heavy atom. The predicted molar refractivity (Wildman–Crippen MR) is 72.2 cm³/mol. The van der Waals surface area contributed by atoms with E-state index in [4.69, 9.17) is 16.7 Å². The zero-order valence-corrected chi connectivity index (χ0v) is 11.7. The van der Waals surface area contributed by atoms with Gasteiger partial charge in [0.15, 0.2) is 0 Å². The van der Waals surface area contributed by atoms with Gasteiger partial charge in [-0.1, -0.05) is 36.6 Å². The van der Waals surface area contributed by atoms with E-state index in [2.05, 4.69) is 4.72 Å². The molecule has 0 saturated carbocycles. The fourth-order valence-corrected chi connectivity index (χ4v) is 3.13. The van der Waals surface area contributed by atoms with E-state index in [1.807, 2.05) is 0 Å². The summed E-state index contributed by atoms with van der Waals surface area (Å²) in [6.45, 7) is 0.574. The van der Waals surface area contributed by atoms with Crippen molar-refractivity contribution in [3.63, 3.8) is 0 Å². The highest BCUT2D eigenvalue weighted by molar-refractivity contribution is 7.89. The Morgan fingerprint density at radius 3 is 2.44 bits per heavy atom. The fraction of sp³-hybridized carbons (Fsp3) is 0.500. The topological polar surface area (TPSA) is 66.4 Å². The van der Waals surface area contributed by atoms with Crippen molar-refractivity contribution in [2.24, 2.45) is 0 Å². The van der Waals surface area contributed by atoms with Gasteiger partial charge in [-0.15, -0.1) is 0 Å². The zero-order valence-electron chi connectivity index (χ0n) is 10.1. The second-order valence-corrected chi connectivity index (χ2v) is 6.11. The highest BCUT2D eigenvalue weighted by atomic mass is 35.5. The summed E-state index contributed by atoms with van der Waals surface area (Å²) in [5.74, 6) is 0. The molecule has 0 heterocycles. The van der Waals surface area contributed by atoms with Crippen LogP contribution in [0.5, 0.6) is 0 Å². The van der Waals surface area contributed by atoms with Gasteiger partial charge >= 0.3 is 0 Å². The van der Waals surface area contributed by atoms with Crippen molar-refractivity contribution < 1.29 is 13.5 Å². The summed E-state index contributed by atoms with van der Waals surface area (Å²) in [7, 11) is -3.52. The lowest BCUT2D eigenvalue weighted by Crippen LogP contribution is -2.25. The molecular weight excluding hydrogens is 274 g/mol. The quantitative estimate of drug-likeness (QED) is 0.722. The minimum atomic E-state index is -3.52. The van der Waals surface area contributed by atoms with Crippen LogP contribution in [0, 0.1) is 0 Å². The molecule has 0 aliphatic rings. The molecule has 0 aliphatic carbocycles. The molecule has 0 amide bonds. The standard InChI is InChI=1S/C12H18ClNO3S/c13-11-7-3-4-8-12(11)18(16,17)14-9-5-1-2-6-10-15/h3-4,7-8,14-15H,1-2,5-6,9-10H2. The summed E-state index contributed by atoms with van der Waals surface area (Å²) >= 11 is 5.84. The number of unbranched alkanes of at least 4 members (excludes halogenated alkanes) is 3. The van der Waals surface area contributed by atoms with E-state index in [-0.39, 0.29) is 16.5 Å². The van der Waals surface area contributed by atoms with Gasteiger partial charge < -0.3 is 5.11 Å². The molecule has 102 valence electrons. The van der Waals surface area contributed by atoms with Crippen LogP contribution in [0.4, 0.5) is 0 Å². The molecular formula is C12H18ClNO3S. The molecule has 4 nitrogen and oxygen atoms in total. The van der Waals surface area contributed by atoms with E-state index in [0.717, 1.165) is 25.7 Å². The first-order valence-corrected chi connectivity index (χ1v) is 7.79. The van der Waals surface area contributed by atoms with Crippen LogP contribution in [-0.4, -0.2) is 26.7 Å². The fourth-order valence-electron chi connectivity index (χ4n) is 1.54. The first kappa shape index (κ1) is 15.4. The number of hydrogen-bond donors (Lipinski definition) is 2. The van der Waals surface area contributed by atoms with Gasteiger partial charge in [0.1, 0.15) is 4.90 Å². The summed E-state index contributed by atoms with van der Waals surface area (Å²) in [6, 6.07) is 6.37. The summed E-state index contributed by atoms with van der Waals surface area (Å²) in [4.78, 5) is 0.113. The molecule has 6 heteroatoms. The van der Waals surface area contributed by atoms with Crippen molar-refractivity contribution in [1.82, 2.24) is 4.72 Å². The highest BCUT2D eigenvalue weighted by Gasteiger charge is 2.16. The molecule has 0 spiro atoms. The molecule has 1 rings (SSSR count). The lowest BCUT2D eigenvalue weighted by Gasteiger charge is -2.07. The second kappa shape index (κ2) is 7.74. The van der Waals surface area contributed by atoms with Crippen molar-refractivity contribution in [1.29, 1.82) is 0 Å². The Kier molecular flexibility index (Phi) is 6.63. The van der Waals surface area contributed by atoms with Crippen molar-refractivity contribution >= 4 is 21.6 Å². The SMILES string of the molecule is O=S(=O)(NCCCCCCO)c1ccccc1Cl. The molecule has 2 N–H and O–H groups in total. The zero-order chi connectivity index (χ0) is 13.4. The van der Waals surface area contributed by atoms with Crippen LogP contribution in [0.3, 0.4) is 0 Å². The van der Waals surface area contributed by atoms with E-state index in [1.165, 1.54) is 6.07 Å². The maximum absolute atomic E-state index is 11.9. The van der Waals surface area contributed by atoms with Crippen molar-refractivity contribution in [2.45, 2.75) is 30.6 Å². The van der Waals surface area contributed by atoms with Crippen LogP contribution in [0.1, 0.15) is 25.7 Å². The lowest BCUT2D eigenvalue weighted by molar-refractivity contribution is 0.282. The summed E-state index contributed by atoms with van der Waals surface area (Å²) in [5, 5.41) is 8.83. The third kappa shape index (κ3) is 4.94. The minimum Gasteiger partial charge on any atom is -0.396 e. The molecule has 1 aromatic rings. The van der Waals surface area contributed by atoms with Crippen LogP contribution < -0.4 is 4.72 Å². The predicted octanol–water partition coefficient (Wildman–Crippen LogP) is 2.17. The molecule has 1 aromatic carbocycles. The number of nitrogens with one attached hydrogen (secondary N) is 1. The third-order valence-corrected chi connectivity index (χ3v) is 4.46. The first-order valence-electron chi connectivity index (χ1n) is 5.93. The Morgan fingerprint density at radius 2 is 1.78 bits per heavy atom. The number of benzene rings is 1. The van der Waals surface area contributed by atoms with Crippen LogP contribution in [-0.2, 0) is 10.0 Å². The van der Waals surface area contributed by atoms with Crippen LogP contribution in [0.25, 0.3) is 0 Å². The van der Waals surface area contributed by atoms with Gasteiger partial charge in [-0.05, 0) is 25.0 Å². The first-order chi connectivity index (χ1) is 8.58. The Labute approximate surface area is 113 Å². The average molecular weight is 292 g/mol. The Hall–Kier alpha value is -0.620. The van der Waals surface area contributed by atoms with Crippen molar-refractivity contribution in [3.8, 4) is 0 Å². The van der Waals surface area contributed by atoms with Crippen LogP contribution >= 0.6 is 11.6 Å². The maximum Gasteiger partial charge on any atom is 0.242 e. The van der Waals surface area contributed by atoms with E-state index < -0.39 is 10.0 Å². The lowest BCUT2D eigenvalue weighted by atomic mass is 10.2.